The van der Waals surface area contributed by atoms with Crippen LogP contribution < -0.4 is 5.32 Å². The summed E-state index contributed by atoms with van der Waals surface area (Å²) in [6, 6.07) is 4.04. The number of halogens is 1. The number of benzene rings is 1. The summed E-state index contributed by atoms with van der Waals surface area (Å²) >= 11 is 0. The Balaban J connectivity index is 1.79. The van der Waals surface area contributed by atoms with Gasteiger partial charge in [0, 0.05) is 30.4 Å². The molecule has 0 saturated heterocycles. The highest BCUT2D eigenvalue weighted by atomic mass is 19.1. The molecule has 2 rings (SSSR count). The second kappa shape index (κ2) is 6.29. The van der Waals surface area contributed by atoms with Gasteiger partial charge in [-0.3, -0.25) is 4.68 Å². The smallest absolute Gasteiger partial charge is 0.126 e. The van der Waals surface area contributed by atoms with Gasteiger partial charge in [0.2, 0.25) is 0 Å². The van der Waals surface area contributed by atoms with Crippen LogP contribution in [0.4, 0.5) is 4.39 Å². The molecule has 1 aromatic carbocycles. The Bertz CT molecular complexity index is 515. The van der Waals surface area contributed by atoms with Crippen molar-refractivity contribution < 1.29 is 9.50 Å². The molecule has 102 valence electrons. The lowest BCUT2D eigenvalue weighted by molar-refractivity contribution is 0.442. The molecule has 0 spiro atoms. The maximum Gasteiger partial charge on any atom is 0.126 e. The van der Waals surface area contributed by atoms with E-state index >= 15 is 0 Å². The molecule has 1 atom stereocenters. The minimum absolute atomic E-state index is 0.0173. The second-order valence-corrected chi connectivity index (χ2v) is 4.40. The molecule has 0 saturated carbocycles. The van der Waals surface area contributed by atoms with Gasteiger partial charge in [-0.2, -0.15) is 0 Å². The van der Waals surface area contributed by atoms with Crippen LogP contribution in [0.25, 0.3) is 0 Å². The van der Waals surface area contributed by atoms with Crippen molar-refractivity contribution in [2.75, 3.05) is 6.54 Å². The van der Waals surface area contributed by atoms with E-state index in [2.05, 4.69) is 15.6 Å². The number of rotatable bonds is 6. The fraction of sp³-hybridized carbons (Fsp3) is 0.385. The van der Waals surface area contributed by atoms with Gasteiger partial charge in [-0.05, 0) is 26.0 Å². The molecule has 2 N–H and O–H groups in total. The van der Waals surface area contributed by atoms with Crippen molar-refractivity contribution in [3.63, 3.8) is 0 Å². The van der Waals surface area contributed by atoms with Gasteiger partial charge in [0.1, 0.15) is 11.6 Å². The van der Waals surface area contributed by atoms with Crippen molar-refractivity contribution in [1.82, 2.24) is 20.3 Å². The molecular formula is C13H17FN4O. The quantitative estimate of drug-likeness (QED) is 0.782. The molecule has 1 unspecified atom stereocenters. The van der Waals surface area contributed by atoms with Crippen molar-refractivity contribution in [2.45, 2.75) is 25.9 Å². The molecule has 0 radical (unpaired) electrons. The van der Waals surface area contributed by atoms with E-state index in [1.54, 1.807) is 16.9 Å². The van der Waals surface area contributed by atoms with Crippen molar-refractivity contribution in [3.05, 3.63) is 42.0 Å². The van der Waals surface area contributed by atoms with Crippen molar-refractivity contribution in [1.29, 1.82) is 0 Å². The van der Waals surface area contributed by atoms with Crippen LogP contribution in [-0.2, 0) is 6.54 Å². The molecule has 0 bridgehead atoms. The second-order valence-electron chi connectivity index (χ2n) is 4.40. The van der Waals surface area contributed by atoms with E-state index in [1.165, 1.54) is 6.07 Å². The molecule has 19 heavy (non-hydrogen) atoms. The SMILES string of the molecule is CC(NCCCn1ccnn1)c1ccc(F)cc1O. The molecule has 1 aromatic heterocycles. The van der Waals surface area contributed by atoms with Gasteiger partial charge in [0.15, 0.2) is 0 Å². The van der Waals surface area contributed by atoms with Gasteiger partial charge in [0.05, 0.1) is 6.20 Å². The zero-order valence-corrected chi connectivity index (χ0v) is 10.8. The summed E-state index contributed by atoms with van der Waals surface area (Å²) < 4.78 is 14.6. The third kappa shape index (κ3) is 3.75. The summed E-state index contributed by atoms with van der Waals surface area (Å²) in [7, 11) is 0. The van der Waals surface area contributed by atoms with Crippen LogP contribution in [0.1, 0.15) is 24.9 Å². The first kappa shape index (κ1) is 13.5. The standard InChI is InChI=1S/C13H17FN4O/c1-10(12-4-3-11(14)9-13(12)19)15-5-2-7-18-8-6-16-17-18/h3-4,6,8-10,15,19H,2,5,7H2,1H3. The normalized spacial score (nSPS) is 12.5. The summed E-state index contributed by atoms with van der Waals surface area (Å²) in [6.45, 7) is 3.50. The predicted molar refractivity (Wildman–Crippen MR) is 69.1 cm³/mol. The van der Waals surface area contributed by atoms with Crippen LogP contribution in [0.15, 0.2) is 30.6 Å². The minimum Gasteiger partial charge on any atom is -0.508 e. The monoisotopic (exact) mass is 264 g/mol. The molecular weight excluding hydrogens is 247 g/mol. The van der Waals surface area contributed by atoms with Crippen molar-refractivity contribution in [3.8, 4) is 5.75 Å². The van der Waals surface area contributed by atoms with E-state index in [-0.39, 0.29) is 11.8 Å². The van der Waals surface area contributed by atoms with Gasteiger partial charge < -0.3 is 10.4 Å². The maximum atomic E-state index is 12.9. The van der Waals surface area contributed by atoms with Gasteiger partial charge in [-0.25, -0.2) is 4.39 Å². The van der Waals surface area contributed by atoms with Gasteiger partial charge in [-0.1, -0.05) is 11.3 Å². The van der Waals surface area contributed by atoms with Gasteiger partial charge in [0.25, 0.3) is 0 Å². The Labute approximate surface area is 111 Å². The zero-order chi connectivity index (χ0) is 13.7. The van der Waals surface area contributed by atoms with Crippen LogP contribution in [-0.4, -0.2) is 26.6 Å². The van der Waals surface area contributed by atoms with Crippen LogP contribution in [0.2, 0.25) is 0 Å². The van der Waals surface area contributed by atoms with E-state index in [0.29, 0.717) is 5.56 Å². The Morgan fingerprint density at radius 1 is 1.47 bits per heavy atom. The van der Waals surface area contributed by atoms with E-state index in [1.807, 2.05) is 13.1 Å². The van der Waals surface area contributed by atoms with E-state index in [9.17, 15) is 9.50 Å². The molecule has 0 amide bonds. The zero-order valence-electron chi connectivity index (χ0n) is 10.8. The Hall–Kier alpha value is -1.95. The molecule has 0 fully saturated rings. The van der Waals surface area contributed by atoms with E-state index in [0.717, 1.165) is 25.6 Å². The Morgan fingerprint density at radius 2 is 2.32 bits per heavy atom. The largest absolute Gasteiger partial charge is 0.508 e. The van der Waals surface area contributed by atoms with E-state index < -0.39 is 5.82 Å². The first-order valence-electron chi connectivity index (χ1n) is 6.22. The number of phenolic OH excluding ortho intramolecular Hbond substituents is 1. The van der Waals surface area contributed by atoms with Crippen molar-refractivity contribution >= 4 is 0 Å². The first-order chi connectivity index (χ1) is 9.16. The lowest BCUT2D eigenvalue weighted by atomic mass is 10.1. The number of phenols is 1. The third-order valence-electron chi connectivity index (χ3n) is 2.95. The Kier molecular flexibility index (Phi) is 4.46. The third-order valence-corrected chi connectivity index (χ3v) is 2.95. The van der Waals surface area contributed by atoms with Crippen molar-refractivity contribution in [2.24, 2.45) is 0 Å². The number of hydrogen-bond donors (Lipinski definition) is 2. The fourth-order valence-electron chi connectivity index (χ4n) is 1.90. The molecule has 5 nitrogen and oxygen atoms in total. The summed E-state index contributed by atoms with van der Waals surface area (Å²) in [5, 5.41) is 20.5. The van der Waals surface area contributed by atoms with Crippen LogP contribution >= 0.6 is 0 Å². The molecule has 2 aromatic rings. The summed E-state index contributed by atoms with van der Waals surface area (Å²) in [5.74, 6) is -0.448. The highest BCUT2D eigenvalue weighted by molar-refractivity contribution is 5.34. The van der Waals surface area contributed by atoms with Gasteiger partial charge in [-0.15, -0.1) is 5.10 Å². The van der Waals surface area contributed by atoms with Crippen LogP contribution in [0.3, 0.4) is 0 Å². The molecule has 0 aliphatic rings. The average molecular weight is 264 g/mol. The molecule has 0 aliphatic heterocycles. The molecule has 6 heteroatoms. The minimum atomic E-state index is -0.431. The topological polar surface area (TPSA) is 63.0 Å². The van der Waals surface area contributed by atoms with Gasteiger partial charge >= 0.3 is 0 Å². The lowest BCUT2D eigenvalue weighted by Gasteiger charge is -2.15. The molecule has 0 aliphatic carbocycles. The maximum absolute atomic E-state index is 12.9. The number of aromatic nitrogens is 3. The van der Waals surface area contributed by atoms with Crippen LogP contribution in [0.5, 0.6) is 5.75 Å². The first-order valence-corrected chi connectivity index (χ1v) is 6.22. The number of hydrogen-bond acceptors (Lipinski definition) is 4. The summed E-state index contributed by atoms with van der Waals surface area (Å²) in [6.07, 6.45) is 4.36. The number of aryl methyl sites for hydroxylation is 1. The summed E-state index contributed by atoms with van der Waals surface area (Å²) in [5.41, 5.74) is 0.696. The average Bonchev–Trinajstić information content (AvgIpc) is 2.87. The van der Waals surface area contributed by atoms with E-state index in [4.69, 9.17) is 0 Å². The number of nitrogens with one attached hydrogen (secondary N) is 1. The highest BCUT2D eigenvalue weighted by Gasteiger charge is 2.10. The molecule has 1 heterocycles. The Morgan fingerprint density at radius 3 is 3.00 bits per heavy atom. The summed E-state index contributed by atoms with van der Waals surface area (Å²) in [4.78, 5) is 0. The lowest BCUT2D eigenvalue weighted by Crippen LogP contribution is -2.21. The number of aromatic hydroxyl groups is 1. The highest BCUT2D eigenvalue weighted by Crippen LogP contribution is 2.24. The van der Waals surface area contributed by atoms with Crippen LogP contribution in [0, 0.1) is 5.82 Å². The number of nitrogens with zero attached hydrogens (tertiary/aromatic N) is 3. The fourth-order valence-corrected chi connectivity index (χ4v) is 1.90. The predicted octanol–water partition coefficient (Wildman–Crippen LogP) is 1.86.